The Labute approximate surface area is 129 Å². The second-order valence-electron chi connectivity index (χ2n) is 5.16. The smallest absolute Gasteiger partial charge is 0.247 e. The molecule has 1 aromatic heterocycles. The van der Waals surface area contributed by atoms with E-state index in [1.807, 2.05) is 60.7 Å². The van der Waals surface area contributed by atoms with E-state index in [2.05, 4.69) is 5.10 Å². The van der Waals surface area contributed by atoms with Crippen LogP contribution in [-0.4, -0.2) is 15.7 Å². The summed E-state index contributed by atoms with van der Waals surface area (Å²) in [6.45, 7) is 0. The van der Waals surface area contributed by atoms with E-state index in [0.717, 1.165) is 11.1 Å². The molecule has 0 aliphatic carbocycles. The highest BCUT2D eigenvalue weighted by atomic mass is 16.2. The Balaban J connectivity index is 1.91. The molecule has 4 nitrogen and oxygen atoms in total. The molecule has 0 fully saturated rings. The van der Waals surface area contributed by atoms with E-state index in [1.54, 1.807) is 12.3 Å². The first kappa shape index (κ1) is 14.1. The third-order valence-corrected chi connectivity index (χ3v) is 3.65. The van der Waals surface area contributed by atoms with Gasteiger partial charge in [0.1, 0.15) is 5.82 Å². The zero-order chi connectivity index (χ0) is 15.4. The van der Waals surface area contributed by atoms with Gasteiger partial charge in [-0.15, -0.1) is 5.10 Å². The topological polar surface area (TPSA) is 60.9 Å². The largest absolute Gasteiger partial charge is 0.382 e. The van der Waals surface area contributed by atoms with E-state index < -0.39 is 0 Å². The molecule has 0 radical (unpaired) electrons. The van der Waals surface area contributed by atoms with Crippen LogP contribution < -0.4 is 5.73 Å². The Kier molecular flexibility index (Phi) is 4.01. The van der Waals surface area contributed by atoms with Crippen molar-refractivity contribution in [3.8, 4) is 0 Å². The van der Waals surface area contributed by atoms with Crippen molar-refractivity contribution in [2.24, 2.45) is 0 Å². The molecule has 2 aromatic carbocycles. The van der Waals surface area contributed by atoms with Crippen molar-refractivity contribution in [2.75, 3.05) is 5.73 Å². The Morgan fingerprint density at radius 1 is 0.955 bits per heavy atom. The molecule has 2 N–H and O–H groups in total. The maximum absolute atomic E-state index is 12.5. The standard InChI is InChI=1S/C18H17N3O/c19-17-11-12-21(20-17)18(22)13-16(14-7-3-1-4-8-14)15-9-5-2-6-10-15/h1-12,16H,13H2,(H2,19,20). The molecule has 0 amide bonds. The highest BCUT2D eigenvalue weighted by Crippen LogP contribution is 2.28. The second-order valence-corrected chi connectivity index (χ2v) is 5.16. The Morgan fingerprint density at radius 2 is 1.50 bits per heavy atom. The summed E-state index contributed by atoms with van der Waals surface area (Å²) >= 11 is 0. The summed E-state index contributed by atoms with van der Waals surface area (Å²) in [7, 11) is 0. The van der Waals surface area contributed by atoms with Crippen molar-refractivity contribution in [3.63, 3.8) is 0 Å². The van der Waals surface area contributed by atoms with Crippen LogP contribution in [0.5, 0.6) is 0 Å². The molecule has 1 heterocycles. The lowest BCUT2D eigenvalue weighted by Crippen LogP contribution is -2.16. The predicted molar refractivity (Wildman–Crippen MR) is 86.6 cm³/mol. The summed E-state index contributed by atoms with van der Waals surface area (Å²) in [4.78, 5) is 12.5. The van der Waals surface area contributed by atoms with Crippen LogP contribution in [0.4, 0.5) is 5.82 Å². The van der Waals surface area contributed by atoms with Gasteiger partial charge in [-0.2, -0.15) is 0 Å². The Morgan fingerprint density at radius 3 is 1.95 bits per heavy atom. The first-order valence-corrected chi connectivity index (χ1v) is 7.18. The van der Waals surface area contributed by atoms with Gasteiger partial charge in [0.05, 0.1) is 0 Å². The molecule has 0 atom stereocenters. The Hall–Kier alpha value is -2.88. The zero-order valence-electron chi connectivity index (χ0n) is 12.1. The lowest BCUT2D eigenvalue weighted by molar-refractivity contribution is 0.0881. The molecular weight excluding hydrogens is 274 g/mol. The van der Waals surface area contributed by atoms with Gasteiger partial charge in [-0.25, -0.2) is 4.68 Å². The quantitative estimate of drug-likeness (QED) is 0.802. The highest BCUT2D eigenvalue weighted by Gasteiger charge is 2.19. The van der Waals surface area contributed by atoms with Crippen LogP contribution in [0.3, 0.4) is 0 Å². The number of rotatable bonds is 4. The minimum absolute atomic E-state index is 0.000300. The van der Waals surface area contributed by atoms with Gasteiger partial charge >= 0.3 is 0 Å². The van der Waals surface area contributed by atoms with Gasteiger partial charge in [0.15, 0.2) is 0 Å². The fourth-order valence-corrected chi connectivity index (χ4v) is 2.54. The summed E-state index contributed by atoms with van der Waals surface area (Å²) in [6.07, 6.45) is 1.94. The minimum Gasteiger partial charge on any atom is -0.382 e. The van der Waals surface area contributed by atoms with E-state index in [1.165, 1.54) is 4.68 Å². The van der Waals surface area contributed by atoms with E-state index in [4.69, 9.17) is 5.73 Å². The molecule has 4 heteroatoms. The van der Waals surface area contributed by atoms with Crippen LogP contribution in [0, 0.1) is 0 Å². The van der Waals surface area contributed by atoms with Crippen LogP contribution in [-0.2, 0) is 0 Å². The fourth-order valence-electron chi connectivity index (χ4n) is 2.54. The van der Waals surface area contributed by atoms with Gasteiger partial charge in [-0.05, 0) is 11.1 Å². The van der Waals surface area contributed by atoms with Crippen LogP contribution in [0.1, 0.15) is 28.3 Å². The number of carbonyl (C=O) groups excluding carboxylic acids is 1. The lowest BCUT2D eigenvalue weighted by atomic mass is 9.88. The average molecular weight is 291 g/mol. The maximum Gasteiger partial charge on any atom is 0.247 e. The number of aromatic nitrogens is 2. The molecule has 0 spiro atoms. The lowest BCUT2D eigenvalue weighted by Gasteiger charge is -2.17. The molecule has 110 valence electrons. The van der Waals surface area contributed by atoms with Gasteiger partial charge in [-0.3, -0.25) is 4.79 Å². The van der Waals surface area contributed by atoms with Gasteiger partial charge in [-0.1, -0.05) is 60.7 Å². The number of benzene rings is 2. The fraction of sp³-hybridized carbons (Fsp3) is 0.111. The van der Waals surface area contributed by atoms with Gasteiger partial charge in [0, 0.05) is 24.6 Å². The van der Waals surface area contributed by atoms with Gasteiger partial charge in [0.2, 0.25) is 5.91 Å². The molecule has 3 aromatic rings. The number of anilines is 1. The van der Waals surface area contributed by atoms with Gasteiger partial charge in [0.25, 0.3) is 0 Å². The molecule has 0 saturated carbocycles. The number of nitrogens with zero attached hydrogens (tertiary/aromatic N) is 2. The highest BCUT2D eigenvalue weighted by molar-refractivity contribution is 5.79. The summed E-state index contributed by atoms with van der Waals surface area (Å²) in [6, 6.07) is 21.7. The maximum atomic E-state index is 12.5. The molecule has 22 heavy (non-hydrogen) atoms. The van der Waals surface area contributed by atoms with Crippen molar-refractivity contribution < 1.29 is 4.79 Å². The number of carbonyl (C=O) groups is 1. The normalized spacial score (nSPS) is 10.8. The Bertz CT molecular complexity index is 711. The van der Waals surface area contributed by atoms with Crippen LogP contribution >= 0.6 is 0 Å². The molecule has 0 aliphatic rings. The van der Waals surface area contributed by atoms with Crippen LogP contribution in [0.25, 0.3) is 0 Å². The average Bonchev–Trinajstić information content (AvgIpc) is 3.01. The number of nitrogens with two attached hydrogens (primary N) is 1. The van der Waals surface area contributed by atoms with E-state index in [-0.39, 0.29) is 11.8 Å². The summed E-state index contributed by atoms with van der Waals surface area (Å²) in [5, 5.41) is 4.00. The van der Waals surface area contributed by atoms with E-state index >= 15 is 0 Å². The summed E-state index contributed by atoms with van der Waals surface area (Å²) in [5.41, 5.74) is 7.81. The second kappa shape index (κ2) is 6.26. The summed E-state index contributed by atoms with van der Waals surface area (Å²) in [5.74, 6) is 0.277. The van der Waals surface area contributed by atoms with E-state index in [0.29, 0.717) is 12.2 Å². The molecule has 0 aliphatic heterocycles. The SMILES string of the molecule is Nc1ccn(C(=O)CC(c2ccccc2)c2ccccc2)n1. The first-order chi connectivity index (χ1) is 10.7. The molecule has 0 bridgehead atoms. The van der Waals surface area contributed by atoms with Gasteiger partial charge < -0.3 is 5.73 Å². The molecule has 0 unspecified atom stereocenters. The summed E-state index contributed by atoms with van der Waals surface area (Å²) < 4.78 is 1.31. The predicted octanol–water partition coefficient (Wildman–Crippen LogP) is 3.33. The monoisotopic (exact) mass is 291 g/mol. The molecule has 0 saturated heterocycles. The van der Waals surface area contributed by atoms with Crippen molar-refractivity contribution >= 4 is 11.7 Å². The van der Waals surface area contributed by atoms with Crippen molar-refractivity contribution in [3.05, 3.63) is 84.1 Å². The van der Waals surface area contributed by atoms with Crippen LogP contribution in [0.15, 0.2) is 72.9 Å². The number of nitrogen functional groups attached to an aromatic ring is 1. The van der Waals surface area contributed by atoms with Crippen LogP contribution in [0.2, 0.25) is 0 Å². The van der Waals surface area contributed by atoms with Crippen molar-refractivity contribution in [1.29, 1.82) is 0 Å². The number of hydrogen-bond donors (Lipinski definition) is 1. The zero-order valence-corrected chi connectivity index (χ0v) is 12.1. The minimum atomic E-state index is -0.0746. The molecule has 3 rings (SSSR count). The third kappa shape index (κ3) is 3.06. The van der Waals surface area contributed by atoms with E-state index in [9.17, 15) is 4.79 Å². The molecular formula is C18H17N3O. The number of hydrogen-bond acceptors (Lipinski definition) is 3. The van der Waals surface area contributed by atoms with Crippen molar-refractivity contribution in [1.82, 2.24) is 9.78 Å². The third-order valence-electron chi connectivity index (χ3n) is 3.65. The first-order valence-electron chi connectivity index (χ1n) is 7.18. The van der Waals surface area contributed by atoms with Crippen molar-refractivity contribution in [2.45, 2.75) is 12.3 Å².